The molecule has 38 heavy (non-hydrogen) atoms. The van der Waals surface area contributed by atoms with Crippen molar-refractivity contribution in [1.82, 2.24) is 0 Å². The highest BCUT2D eigenvalue weighted by molar-refractivity contribution is 6.29. The van der Waals surface area contributed by atoms with E-state index in [1.807, 2.05) is 6.92 Å². The van der Waals surface area contributed by atoms with Gasteiger partial charge in [-0.25, -0.2) is 0 Å². The van der Waals surface area contributed by atoms with Crippen LogP contribution >= 0.6 is 0 Å². The van der Waals surface area contributed by atoms with E-state index in [0.29, 0.717) is 6.42 Å². The van der Waals surface area contributed by atoms with Crippen molar-refractivity contribution in [2.45, 2.75) is 93.8 Å². The number of carboxylic acid groups (broad SMARTS) is 1. The Morgan fingerprint density at radius 3 is 2.47 bits per heavy atom. The number of carbonyl (C=O) groups is 3. The minimum atomic E-state index is -1.52. The van der Waals surface area contributed by atoms with Crippen molar-refractivity contribution in [2.75, 3.05) is 6.61 Å². The average Bonchev–Trinajstić information content (AvgIpc) is 3.35. The van der Waals surface area contributed by atoms with E-state index in [2.05, 4.69) is 0 Å². The molecule has 3 aliphatic carbocycles. The molecule has 4 N–H and O–H groups in total. The van der Waals surface area contributed by atoms with E-state index >= 15 is 0 Å². The van der Waals surface area contributed by atoms with E-state index in [1.165, 1.54) is 0 Å². The molecule has 3 aliphatic heterocycles. The molecule has 0 radical (unpaired) electrons. The second-order valence-electron chi connectivity index (χ2n) is 11.3. The van der Waals surface area contributed by atoms with Gasteiger partial charge in [0.15, 0.2) is 17.9 Å². The molecule has 6 aliphatic rings. The summed E-state index contributed by atoms with van der Waals surface area (Å²) in [7, 11) is 0. The summed E-state index contributed by atoms with van der Waals surface area (Å²) < 4.78 is 23.7. The molecule has 0 amide bonds. The predicted molar refractivity (Wildman–Crippen MR) is 125 cm³/mol. The van der Waals surface area contributed by atoms with Crippen molar-refractivity contribution in [2.24, 2.45) is 0 Å². The number of aromatic hydroxyl groups is 2. The van der Waals surface area contributed by atoms with Gasteiger partial charge < -0.3 is 39.4 Å². The van der Waals surface area contributed by atoms with Crippen LogP contribution in [-0.4, -0.2) is 80.9 Å². The zero-order chi connectivity index (χ0) is 26.9. The second kappa shape index (κ2) is 7.64. The van der Waals surface area contributed by atoms with Crippen molar-refractivity contribution in [1.29, 1.82) is 0 Å². The van der Waals surface area contributed by atoms with Gasteiger partial charge >= 0.3 is 5.97 Å². The van der Waals surface area contributed by atoms with Crippen molar-refractivity contribution >= 4 is 17.5 Å². The Hall–Kier alpha value is -2.83. The minimum absolute atomic E-state index is 0.000935. The van der Waals surface area contributed by atoms with Crippen molar-refractivity contribution in [3.05, 3.63) is 33.4 Å². The van der Waals surface area contributed by atoms with Gasteiger partial charge in [0.05, 0.1) is 47.9 Å². The van der Waals surface area contributed by atoms with E-state index in [1.54, 1.807) is 6.92 Å². The number of aliphatic carboxylic acids is 1. The first-order valence-corrected chi connectivity index (χ1v) is 13.0. The van der Waals surface area contributed by atoms with Crippen LogP contribution in [0.4, 0.5) is 0 Å². The van der Waals surface area contributed by atoms with Crippen LogP contribution in [0.1, 0.15) is 83.9 Å². The summed E-state index contributed by atoms with van der Waals surface area (Å²) in [5, 5.41) is 43.6. The molecule has 3 fully saturated rings. The van der Waals surface area contributed by atoms with Gasteiger partial charge in [0.2, 0.25) is 0 Å². The number of carboxylic acids is 1. The number of ketones is 2. The summed E-state index contributed by atoms with van der Waals surface area (Å²) in [5.74, 6) is -3.38. The van der Waals surface area contributed by atoms with Crippen LogP contribution in [0.25, 0.3) is 0 Å². The van der Waals surface area contributed by atoms with E-state index in [9.17, 15) is 29.7 Å². The number of benzene rings is 1. The van der Waals surface area contributed by atoms with Crippen LogP contribution in [-0.2, 0) is 29.2 Å². The van der Waals surface area contributed by atoms with Gasteiger partial charge in [-0.05, 0) is 33.1 Å². The number of aliphatic hydroxyl groups is 1. The fourth-order valence-corrected chi connectivity index (χ4v) is 7.51. The third-order valence-corrected chi connectivity index (χ3v) is 9.31. The van der Waals surface area contributed by atoms with Gasteiger partial charge in [0, 0.05) is 28.7 Å². The molecule has 202 valence electrons. The van der Waals surface area contributed by atoms with Crippen LogP contribution in [0.5, 0.6) is 11.5 Å². The number of phenolic OH excluding ortho intramolecular Hbond substituents is 2. The van der Waals surface area contributed by atoms with Gasteiger partial charge in [-0.1, -0.05) is 0 Å². The average molecular weight is 529 g/mol. The maximum Gasteiger partial charge on any atom is 0.305 e. The minimum Gasteiger partial charge on any atom is -0.507 e. The van der Waals surface area contributed by atoms with E-state index in [0.717, 1.165) is 12.8 Å². The number of ether oxygens (including phenoxy) is 4. The molecule has 1 aromatic carbocycles. The number of fused-ring (bicyclic) bond motifs is 3. The Morgan fingerprint density at radius 2 is 1.76 bits per heavy atom. The first-order chi connectivity index (χ1) is 18.0. The summed E-state index contributed by atoms with van der Waals surface area (Å²) in [6.45, 7) is 3.35. The Bertz CT molecular complexity index is 1360. The summed E-state index contributed by atoms with van der Waals surface area (Å²) >= 11 is 0. The maximum absolute atomic E-state index is 13.6. The van der Waals surface area contributed by atoms with Gasteiger partial charge in [0.1, 0.15) is 29.3 Å². The lowest BCUT2D eigenvalue weighted by Crippen LogP contribution is -2.40. The number of phenols is 2. The molecule has 0 bridgehead atoms. The number of Topliss-reactive ketones (excluding diaryl/α,β-unsaturated/α-hetero) is 2. The molecule has 11 heteroatoms. The van der Waals surface area contributed by atoms with Crippen LogP contribution < -0.4 is 0 Å². The molecule has 7 rings (SSSR count). The van der Waals surface area contributed by atoms with Crippen LogP contribution in [0.2, 0.25) is 0 Å². The third kappa shape index (κ3) is 2.68. The Balaban J connectivity index is 1.30. The van der Waals surface area contributed by atoms with E-state index < -0.39 is 70.8 Å². The molecule has 8 atom stereocenters. The zero-order valence-electron chi connectivity index (χ0n) is 20.9. The van der Waals surface area contributed by atoms with Crippen LogP contribution in [0, 0.1) is 0 Å². The van der Waals surface area contributed by atoms with Crippen molar-refractivity contribution in [3.63, 3.8) is 0 Å². The SMILES string of the molecule is CC1CCCC(OC2C3(O)C(C)OC4c5c(O)c6c(c(O)c5C423)C(=O)C2=C(CC(CC(=O)O)OC2)C6=O)O1. The van der Waals surface area contributed by atoms with Crippen molar-refractivity contribution < 1.29 is 53.8 Å². The topological polar surface area (TPSA) is 169 Å². The molecule has 1 spiro atoms. The zero-order valence-corrected chi connectivity index (χ0v) is 20.9. The normalized spacial score (nSPS) is 40.5. The third-order valence-electron chi connectivity index (χ3n) is 9.31. The smallest absolute Gasteiger partial charge is 0.305 e. The Kier molecular flexibility index (Phi) is 4.87. The first-order valence-electron chi connectivity index (χ1n) is 13.0. The number of hydrogen-bond donors (Lipinski definition) is 4. The van der Waals surface area contributed by atoms with E-state index in [-0.39, 0.29) is 59.0 Å². The lowest BCUT2D eigenvalue weighted by Gasteiger charge is -2.41. The van der Waals surface area contributed by atoms with E-state index in [4.69, 9.17) is 24.1 Å². The van der Waals surface area contributed by atoms with Crippen molar-refractivity contribution in [3.8, 4) is 11.5 Å². The molecule has 2 saturated heterocycles. The summed E-state index contributed by atoms with van der Waals surface area (Å²) in [5.41, 5.74) is -2.97. The Labute approximate surface area is 216 Å². The monoisotopic (exact) mass is 528 g/mol. The molecule has 11 nitrogen and oxygen atoms in total. The highest BCUT2D eigenvalue weighted by Crippen LogP contribution is 2.82. The lowest BCUT2D eigenvalue weighted by atomic mass is 9.65. The number of rotatable bonds is 4. The molecule has 1 saturated carbocycles. The van der Waals surface area contributed by atoms with Crippen LogP contribution in [0.3, 0.4) is 0 Å². The summed E-state index contributed by atoms with van der Waals surface area (Å²) in [4.78, 5) is 38.2. The summed E-state index contributed by atoms with van der Waals surface area (Å²) in [6, 6.07) is 0. The standard InChI is InChI=1S/C27H28O11/c1-9-4-3-5-15(36-9)38-25-26-19-18(24(26)37-10(2)27(25,26)34)22(32)16-17(23(19)33)21(31)13-8-35-11(7-14(28)29)6-12(13)20(16)30/h9-11,15,24-25,32-34H,3-8H2,1-2H3,(H,28,29). The highest BCUT2D eigenvalue weighted by Gasteiger charge is 2.93. The largest absolute Gasteiger partial charge is 0.507 e. The van der Waals surface area contributed by atoms with Gasteiger partial charge in [0.25, 0.3) is 0 Å². The summed E-state index contributed by atoms with van der Waals surface area (Å²) in [6.07, 6.45) is -1.70. The lowest BCUT2D eigenvalue weighted by molar-refractivity contribution is -0.217. The quantitative estimate of drug-likeness (QED) is 0.420. The number of hydrogen-bond acceptors (Lipinski definition) is 10. The second-order valence-corrected chi connectivity index (χ2v) is 11.3. The molecule has 1 aromatic rings. The highest BCUT2D eigenvalue weighted by atomic mass is 16.7. The molecular formula is C27H28O11. The predicted octanol–water partition coefficient (Wildman–Crippen LogP) is 1.79. The maximum atomic E-state index is 13.6. The molecule has 3 heterocycles. The first kappa shape index (κ1) is 24.2. The molecular weight excluding hydrogens is 500 g/mol. The van der Waals surface area contributed by atoms with Crippen LogP contribution in [0.15, 0.2) is 11.1 Å². The van der Waals surface area contributed by atoms with Gasteiger partial charge in [-0.3, -0.25) is 14.4 Å². The Morgan fingerprint density at radius 1 is 1.05 bits per heavy atom. The molecule has 0 aromatic heterocycles. The fraction of sp³-hybridized carbons (Fsp3) is 0.593. The molecule has 8 unspecified atom stereocenters. The fourth-order valence-electron chi connectivity index (χ4n) is 7.51. The number of carbonyl (C=O) groups excluding carboxylic acids is 2. The van der Waals surface area contributed by atoms with Gasteiger partial charge in [-0.2, -0.15) is 0 Å². The van der Waals surface area contributed by atoms with Gasteiger partial charge in [-0.15, -0.1) is 0 Å².